The van der Waals surface area contributed by atoms with Crippen molar-refractivity contribution >= 4 is 22.7 Å². The lowest BCUT2D eigenvalue weighted by molar-refractivity contribution is 0.323. The number of hydrogen-bond donors (Lipinski definition) is 3. The molecule has 1 saturated carbocycles. The minimum atomic E-state index is 0.257. The van der Waals surface area contributed by atoms with E-state index < -0.39 is 0 Å². The molecule has 0 unspecified atom stereocenters. The van der Waals surface area contributed by atoms with Crippen LogP contribution in [-0.2, 0) is 13.0 Å². The maximum atomic E-state index is 10.2. The second-order valence-corrected chi connectivity index (χ2v) is 9.43. The average Bonchev–Trinajstić information content (AvgIpc) is 2.85. The van der Waals surface area contributed by atoms with E-state index in [1.165, 1.54) is 12.8 Å². The molecule has 2 aromatic carbocycles. The number of nitrogens with zero attached hydrogens (tertiary/aromatic N) is 3. The van der Waals surface area contributed by atoms with Crippen LogP contribution in [0, 0.1) is 5.92 Å². The van der Waals surface area contributed by atoms with E-state index in [0.29, 0.717) is 17.7 Å². The van der Waals surface area contributed by atoms with Gasteiger partial charge in [0, 0.05) is 32.1 Å². The highest BCUT2D eigenvalue weighted by Gasteiger charge is 2.22. The molecule has 0 atom stereocenters. The Morgan fingerprint density at radius 1 is 1.09 bits per heavy atom. The standard InChI is InChI=1S/C27H37N5O2/c1-5-20-14-19(15-24(34-4)25(20)33)17-28-16-18-10-12-21(13-11-18)29-27-30-23-9-7-6-8-22(23)26(31-27)32(2)3/h6-9,14-15,18,21,28,33H,5,10-13,16-17H2,1-4H3,(H,29,30,31)/t18-,21+. The normalized spacial score (nSPS) is 18.1. The fourth-order valence-corrected chi connectivity index (χ4v) is 4.84. The zero-order chi connectivity index (χ0) is 24.1. The van der Waals surface area contributed by atoms with Crippen molar-refractivity contribution in [3.63, 3.8) is 0 Å². The average molecular weight is 464 g/mol. The van der Waals surface area contributed by atoms with Crippen LogP contribution in [0.2, 0.25) is 0 Å². The monoisotopic (exact) mass is 463 g/mol. The van der Waals surface area contributed by atoms with Crippen molar-refractivity contribution in [1.82, 2.24) is 15.3 Å². The lowest BCUT2D eigenvalue weighted by atomic mass is 9.86. The van der Waals surface area contributed by atoms with Gasteiger partial charge in [-0.1, -0.05) is 25.1 Å². The number of aryl methyl sites for hydroxylation is 1. The summed E-state index contributed by atoms with van der Waals surface area (Å²) in [6, 6.07) is 12.6. The summed E-state index contributed by atoms with van der Waals surface area (Å²) in [7, 11) is 5.64. The minimum absolute atomic E-state index is 0.257. The molecule has 1 aromatic heterocycles. The summed E-state index contributed by atoms with van der Waals surface area (Å²) in [6.07, 6.45) is 5.37. The Balaban J connectivity index is 1.29. The highest BCUT2D eigenvalue weighted by Crippen LogP contribution is 2.32. The molecule has 3 aromatic rings. The van der Waals surface area contributed by atoms with Crippen molar-refractivity contribution < 1.29 is 9.84 Å². The van der Waals surface area contributed by atoms with Crippen LogP contribution in [0.5, 0.6) is 11.5 Å². The van der Waals surface area contributed by atoms with Crippen LogP contribution >= 0.6 is 0 Å². The molecular formula is C27H37N5O2. The fraction of sp³-hybridized carbons (Fsp3) is 0.481. The smallest absolute Gasteiger partial charge is 0.225 e. The molecular weight excluding hydrogens is 426 g/mol. The van der Waals surface area contributed by atoms with Gasteiger partial charge in [0.1, 0.15) is 5.82 Å². The van der Waals surface area contributed by atoms with E-state index in [1.54, 1.807) is 7.11 Å². The number of hydrogen-bond acceptors (Lipinski definition) is 7. The van der Waals surface area contributed by atoms with Crippen LogP contribution in [0.25, 0.3) is 10.9 Å². The Hall–Kier alpha value is -3.06. The molecule has 7 heteroatoms. The summed E-state index contributed by atoms with van der Waals surface area (Å²) in [4.78, 5) is 11.6. The quantitative estimate of drug-likeness (QED) is 0.423. The zero-order valence-corrected chi connectivity index (χ0v) is 20.8. The first-order chi connectivity index (χ1) is 16.5. The van der Waals surface area contributed by atoms with Gasteiger partial charge in [-0.3, -0.25) is 0 Å². The van der Waals surface area contributed by atoms with Gasteiger partial charge in [0.2, 0.25) is 5.95 Å². The SMILES string of the molecule is CCc1cc(CNC[C@H]2CC[C@@H](Nc3nc(N(C)C)c4ccccc4n3)CC2)cc(OC)c1O. The zero-order valence-electron chi connectivity index (χ0n) is 20.8. The third-order valence-electron chi connectivity index (χ3n) is 6.76. The molecule has 34 heavy (non-hydrogen) atoms. The number of fused-ring (bicyclic) bond motifs is 1. The molecule has 0 bridgehead atoms. The number of benzene rings is 2. The van der Waals surface area contributed by atoms with Crippen molar-refractivity contribution in [2.75, 3.05) is 38.0 Å². The molecule has 7 nitrogen and oxygen atoms in total. The molecule has 3 N–H and O–H groups in total. The minimum Gasteiger partial charge on any atom is -0.504 e. The molecule has 1 heterocycles. The van der Waals surface area contributed by atoms with Gasteiger partial charge in [0.25, 0.3) is 0 Å². The maximum absolute atomic E-state index is 10.2. The van der Waals surface area contributed by atoms with Crippen molar-refractivity contribution in [3.05, 3.63) is 47.5 Å². The molecule has 0 aliphatic heterocycles. The van der Waals surface area contributed by atoms with Gasteiger partial charge < -0.3 is 25.4 Å². The van der Waals surface area contributed by atoms with E-state index in [1.807, 2.05) is 50.2 Å². The van der Waals surface area contributed by atoms with Gasteiger partial charge in [-0.2, -0.15) is 4.98 Å². The molecule has 182 valence electrons. The predicted octanol–water partition coefficient (Wildman–Crippen LogP) is 4.73. The van der Waals surface area contributed by atoms with Crippen molar-refractivity contribution in [2.45, 2.75) is 51.6 Å². The molecule has 0 radical (unpaired) electrons. The second-order valence-electron chi connectivity index (χ2n) is 9.43. The Morgan fingerprint density at radius 3 is 2.56 bits per heavy atom. The Kier molecular flexibility index (Phi) is 7.73. The number of para-hydroxylation sites is 1. The molecule has 1 aliphatic carbocycles. The lowest BCUT2D eigenvalue weighted by Gasteiger charge is -2.29. The lowest BCUT2D eigenvalue weighted by Crippen LogP contribution is -2.31. The number of phenolic OH excluding ortho intramolecular Hbond substituents is 1. The van der Waals surface area contributed by atoms with Crippen molar-refractivity contribution in [1.29, 1.82) is 0 Å². The van der Waals surface area contributed by atoms with Gasteiger partial charge in [0.05, 0.1) is 12.6 Å². The summed E-state index contributed by atoms with van der Waals surface area (Å²) >= 11 is 0. The third-order valence-corrected chi connectivity index (χ3v) is 6.76. The van der Waals surface area contributed by atoms with Crippen LogP contribution in [0.3, 0.4) is 0 Å². The summed E-state index contributed by atoms with van der Waals surface area (Å²) in [5.74, 6) is 3.14. The molecule has 0 spiro atoms. The first-order valence-electron chi connectivity index (χ1n) is 12.3. The maximum Gasteiger partial charge on any atom is 0.225 e. The highest BCUT2D eigenvalue weighted by atomic mass is 16.5. The molecule has 0 saturated heterocycles. The topological polar surface area (TPSA) is 82.5 Å². The number of phenols is 1. The first-order valence-corrected chi connectivity index (χ1v) is 12.3. The van der Waals surface area contributed by atoms with Crippen molar-refractivity contribution in [3.8, 4) is 11.5 Å². The van der Waals surface area contributed by atoms with E-state index in [0.717, 1.165) is 66.1 Å². The molecule has 0 amide bonds. The summed E-state index contributed by atoms with van der Waals surface area (Å²) < 4.78 is 5.33. The third kappa shape index (κ3) is 5.53. The van der Waals surface area contributed by atoms with Crippen LogP contribution in [0.1, 0.15) is 43.7 Å². The van der Waals surface area contributed by atoms with E-state index in [2.05, 4.69) is 22.8 Å². The van der Waals surface area contributed by atoms with E-state index >= 15 is 0 Å². The summed E-state index contributed by atoms with van der Waals surface area (Å²) in [5, 5.41) is 18.5. The van der Waals surface area contributed by atoms with Crippen molar-refractivity contribution in [2.24, 2.45) is 5.92 Å². The second kappa shape index (κ2) is 10.9. The Labute approximate surface area is 202 Å². The number of methoxy groups -OCH3 is 1. The Morgan fingerprint density at radius 2 is 1.85 bits per heavy atom. The predicted molar refractivity (Wildman–Crippen MR) is 139 cm³/mol. The highest BCUT2D eigenvalue weighted by molar-refractivity contribution is 5.90. The first kappa shape index (κ1) is 24.1. The van der Waals surface area contributed by atoms with Gasteiger partial charge >= 0.3 is 0 Å². The van der Waals surface area contributed by atoms with Gasteiger partial charge in [-0.05, 0) is 73.9 Å². The largest absolute Gasteiger partial charge is 0.504 e. The Bertz CT molecular complexity index is 1080. The van der Waals surface area contributed by atoms with Gasteiger partial charge in [-0.25, -0.2) is 4.98 Å². The number of nitrogens with one attached hydrogen (secondary N) is 2. The number of aromatic hydroxyl groups is 1. The van der Waals surface area contributed by atoms with Gasteiger partial charge in [-0.15, -0.1) is 0 Å². The van der Waals surface area contributed by atoms with Crippen LogP contribution in [-0.4, -0.2) is 48.9 Å². The molecule has 1 aliphatic rings. The fourth-order valence-electron chi connectivity index (χ4n) is 4.84. The number of anilines is 2. The van der Waals surface area contributed by atoms with E-state index in [9.17, 15) is 5.11 Å². The summed E-state index contributed by atoms with van der Waals surface area (Å²) in [6.45, 7) is 3.82. The van der Waals surface area contributed by atoms with Crippen LogP contribution < -0.4 is 20.3 Å². The van der Waals surface area contributed by atoms with Crippen LogP contribution in [0.4, 0.5) is 11.8 Å². The number of aromatic nitrogens is 2. The van der Waals surface area contributed by atoms with E-state index in [-0.39, 0.29) is 5.75 Å². The molecule has 4 rings (SSSR count). The number of ether oxygens (including phenoxy) is 1. The van der Waals surface area contributed by atoms with Crippen LogP contribution in [0.15, 0.2) is 36.4 Å². The summed E-state index contributed by atoms with van der Waals surface area (Å²) in [5.41, 5.74) is 3.04. The van der Waals surface area contributed by atoms with Gasteiger partial charge in [0.15, 0.2) is 11.5 Å². The molecule has 1 fully saturated rings. The number of rotatable bonds is 9. The van der Waals surface area contributed by atoms with E-state index in [4.69, 9.17) is 14.7 Å².